The number of aliphatic hydroxyl groups is 2. The second-order valence-electron chi connectivity index (χ2n) is 6.15. The summed E-state index contributed by atoms with van der Waals surface area (Å²) in [6, 6.07) is 4.02. The topological polar surface area (TPSA) is 64.0 Å². The van der Waals surface area contributed by atoms with Gasteiger partial charge in [-0.1, -0.05) is 18.5 Å². The van der Waals surface area contributed by atoms with Crippen LogP contribution < -0.4 is 0 Å². The van der Waals surface area contributed by atoms with E-state index in [0.29, 0.717) is 26.2 Å². The van der Waals surface area contributed by atoms with Crippen LogP contribution >= 0.6 is 11.6 Å². The molecule has 1 aromatic rings. The number of hydrogen-bond donors (Lipinski definition) is 2. The predicted molar refractivity (Wildman–Crippen MR) is 90.6 cm³/mol. The van der Waals surface area contributed by atoms with E-state index in [2.05, 4.69) is 4.90 Å². The second-order valence-corrected chi connectivity index (χ2v) is 6.59. The van der Waals surface area contributed by atoms with Crippen molar-refractivity contribution in [1.82, 2.24) is 9.80 Å². The summed E-state index contributed by atoms with van der Waals surface area (Å²) in [6.45, 7) is 4.96. The van der Waals surface area contributed by atoms with Gasteiger partial charge in [0.2, 0.25) is 0 Å². The van der Waals surface area contributed by atoms with Crippen molar-refractivity contribution in [2.24, 2.45) is 11.8 Å². The molecule has 0 saturated carbocycles. The molecule has 1 aliphatic rings. The Balaban J connectivity index is 2.08. The number of likely N-dealkylation sites (N-methyl/N-ethyl adjacent to an activating group) is 1. The maximum Gasteiger partial charge on any atom is 0.256 e. The van der Waals surface area contributed by atoms with Gasteiger partial charge in [0.15, 0.2) is 0 Å². The third-order valence-electron chi connectivity index (χ3n) is 4.62. The number of likely N-dealkylation sites (tertiary alicyclic amines) is 1. The summed E-state index contributed by atoms with van der Waals surface area (Å²) >= 11 is 5.73. The van der Waals surface area contributed by atoms with Gasteiger partial charge in [-0.25, -0.2) is 4.39 Å². The summed E-state index contributed by atoms with van der Waals surface area (Å²) in [5.74, 6) is -0.958. The van der Waals surface area contributed by atoms with Gasteiger partial charge < -0.3 is 20.0 Å². The zero-order chi connectivity index (χ0) is 17.7. The SMILES string of the molecule is CCN(CCO)C[C@@H]1CN(C(=O)c2ccc(Cl)cc2F)C[C@@H]1CO. The number of hydrogen-bond acceptors (Lipinski definition) is 4. The van der Waals surface area contributed by atoms with Gasteiger partial charge in [-0.15, -0.1) is 0 Å². The number of rotatable bonds is 7. The van der Waals surface area contributed by atoms with Gasteiger partial charge >= 0.3 is 0 Å². The maximum atomic E-state index is 14.0. The lowest BCUT2D eigenvalue weighted by Crippen LogP contribution is -2.36. The van der Waals surface area contributed by atoms with E-state index in [4.69, 9.17) is 16.7 Å². The van der Waals surface area contributed by atoms with Crippen molar-refractivity contribution in [2.45, 2.75) is 6.92 Å². The summed E-state index contributed by atoms with van der Waals surface area (Å²) in [5, 5.41) is 19.0. The van der Waals surface area contributed by atoms with E-state index in [1.54, 1.807) is 4.90 Å². The van der Waals surface area contributed by atoms with Crippen molar-refractivity contribution in [3.05, 3.63) is 34.6 Å². The molecule has 2 N–H and O–H groups in total. The molecule has 0 aromatic heterocycles. The Hall–Kier alpha value is -1.21. The van der Waals surface area contributed by atoms with Gasteiger partial charge in [0.25, 0.3) is 5.91 Å². The molecule has 0 spiro atoms. The molecule has 2 atom stereocenters. The monoisotopic (exact) mass is 358 g/mol. The molecule has 1 aromatic carbocycles. The molecule has 7 heteroatoms. The average Bonchev–Trinajstić information content (AvgIpc) is 2.96. The van der Waals surface area contributed by atoms with Crippen molar-refractivity contribution in [2.75, 3.05) is 45.9 Å². The van der Waals surface area contributed by atoms with Crippen LogP contribution in [0.1, 0.15) is 17.3 Å². The van der Waals surface area contributed by atoms with Crippen LogP contribution in [0.3, 0.4) is 0 Å². The highest BCUT2D eigenvalue weighted by molar-refractivity contribution is 6.30. The molecule has 1 fully saturated rings. The summed E-state index contributed by atoms with van der Waals surface area (Å²) in [6.07, 6.45) is 0. The summed E-state index contributed by atoms with van der Waals surface area (Å²) in [4.78, 5) is 16.3. The van der Waals surface area contributed by atoms with Crippen molar-refractivity contribution in [1.29, 1.82) is 0 Å². The van der Waals surface area contributed by atoms with Crippen LogP contribution in [0, 0.1) is 17.7 Å². The smallest absolute Gasteiger partial charge is 0.256 e. The fourth-order valence-corrected chi connectivity index (χ4v) is 3.36. The first kappa shape index (κ1) is 19.1. The van der Waals surface area contributed by atoms with Crippen molar-refractivity contribution in [3.63, 3.8) is 0 Å². The van der Waals surface area contributed by atoms with Crippen LogP contribution in [0.5, 0.6) is 0 Å². The highest BCUT2D eigenvalue weighted by Gasteiger charge is 2.36. The Kier molecular flexibility index (Phi) is 6.98. The number of aliphatic hydroxyl groups excluding tert-OH is 2. The largest absolute Gasteiger partial charge is 0.396 e. The minimum Gasteiger partial charge on any atom is -0.396 e. The van der Waals surface area contributed by atoms with E-state index in [1.165, 1.54) is 12.1 Å². The maximum absolute atomic E-state index is 14.0. The molecule has 1 amide bonds. The number of amides is 1. The Bertz CT molecular complexity index is 573. The molecular formula is C17H24ClFN2O3. The van der Waals surface area contributed by atoms with E-state index in [-0.39, 0.29) is 41.5 Å². The van der Waals surface area contributed by atoms with Gasteiger partial charge in [0.05, 0.1) is 12.2 Å². The zero-order valence-corrected chi connectivity index (χ0v) is 14.5. The molecule has 0 radical (unpaired) electrons. The molecule has 5 nitrogen and oxygen atoms in total. The number of carbonyl (C=O) groups excluding carboxylic acids is 1. The van der Waals surface area contributed by atoms with Crippen molar-refractivity contribution >= 4 is 17.5 Å². The Labute approximate surface area is 146 Å². The van der Waals surface area contributed by atoms with E-state index in [1.807, 2.05) is 6.92 Å². The van der Waals surface area contributed by atoms with Crippen LogP contribution in [-0.4, -0.2) is 71.9 Å². The van der Waals surface area contributed by atoms with Crippen LogP contribution in [0.15, 0.2) is 18.2 Å². The highest BCUT2D eigenvalue weighted by Crippen LogP contribution is 2.26. The standard InChI is InChI=1S/C17H24ClFN2O3/c1-2-20(5-6-22)8-12-9-21(10-13(12)11-23)17(24)15-4-3-14(18)7-16(15)19/h3-4,7,12-13,22-23H,2,5-6,8-11H2,1H3/t12-,13-/m1/s1. The Morgan fingerprint density at radius 3 is 2.67 bits per heavy atom. The summed E-state index contributed by atoms with van der Waals surface area (Å²) in [5.41, 5.74) is -0.000513. The van der Waals surface area contributed by atoms with E-state index in [9.17, 15) is 14.3 Å². The molecule has 1 aliphatic heterocycles. The molecule has 0 aliphatic carbocycles. The number of nitrogens with zero attached hydrogens (tertiary/aromatic N) is 2. The molecule has 1 heterocycles. The predicted octanol–water partition coefficient (Wildman–Crippen LogP) is 1.47. The fourth-order valence-electron chi connectivity index (χ4n) is 3.20. The third-order valence-corrected chi connectivity index (χ3v) is 4.85. The second kappa shape index (κ2) is 8.76. The lowest BCUT2D eigenvalue weighted by molar-refractivity contribution is 0.0774. The van der Waals surface area contributed by atoms with Gasteiger partial charge in [-0.2, -0.15) is 0 Å². The van der Waals surface area contributed by atoms with Crippen molar-refractivity contribution in [3.8, 4) is 0 Å². The first-order valence-electron chi connectivity index (χ1n) is 8.18. The Morgan fingerprint density at radius 2 is 2.08 bits per heavy atom. The van der Waals surface area contributed by atoms with E-state index < -0.39 is 5.82 Å². The normalized spacial score (nSPS) is 20.8. The van der Waals surface area contributed by atoms with Crippen LogP contribution in [-0.2, 0) is 0 Å². The molecule has 0 bridgehead atoms. The highest BCUT2D eigenvalue weighted by atomic mass is 35.5. The number of benzene rings is 1. The van der Waals surface area contributed by atoms with Gasteiger partial charge in [-0.05, 0) is 30.7 Å². The fraction of sp³-hybridized carbons (Fsp3) is 0.588. The summed E-state index contributed by atoms with van der Waals surface area (Å²) in [7, 11) is 0. The molecule has 134 valence electrons. The van der Waals surface area contributed by atoms with Crippen LogP contribution in [0.2, 0.25) is 5.02 Å². The lowest BCUT2D eigenvalue weighted by Gasteiger charge is -2.25. The number of carbonyl (C=O) groups is 1. The minimum absolute atomic E-state index is 0.000513. The molecule has 0 unspecified atom stereocenters. The first-order chi connectivity index (χ1) is 11.5. The quantitative estimate of drug-likeness (QED) is 0.775. The van der Waals surface area contributed by atoms with Gasteiger partial charge in [0, 0.05) is 43.7 Å². The van der Waals surface area contributed by atoms with Crippen LogP contribution in [0.4, 0.5) is 4.39 Å². The third kappa shape index (κ3) is 4.45. The Morgan fingerprint density at radius 1 is 1.38 bits per heavy atom. The molecular weight excluding hydrogens is 335 g/mol. The number of halogens is 2. The van der Waals surface area contributed by atoms with E-state index >= 15 is 0 Å². The molecule has 1 saturated heterocycles. The van der Waals surface area contributed by atoms with Gasteiger partial charge in [0.1, 0.15) is 5.82 Å². The summed E-state index contributed by atoms with van der Waals surface area (Å²) < 4.78 is 14.0. The molecule has 2 rings (SSSR count). The van der Waals surface area contributed by atoms with E-state index in [0.717, 1.165) is 12.6 Å². The minimum atomic E-state index is -0.632. The average molecular weight is 359 g/mol. The zero-order valence-electron chi connectivity index (χ0n) is 13.8. The van der Waals surface area contributed by atoms with Crippen molar-refractivity contribution < 1.29 is 19.4 Å². The van der Waals surface area contributed by atoms with Crippen LogP contribution in [0.25, 0.3) is 0 Å². The van der Waals surface area contributed by atoms with Gasteiger partial charge in [-0.3, -0.25) is 4.79 Å². The lowest BCUT2D eigenvalue weighted by atomic mass is 9.96. The molecule has 24 heavy (non-hydrogen) atoms. The first-order valence-corrected chi connectivity index (χ1v) is 8.56.